The fraction of sp³-hybridized carbons (Fsp3) is 0.562. The summed E-state index contributed by atoms with van der Waals surface area (Å²) in [6.07, 6.45) is 16.0. The average Bonchev–Trinajstić information content (AvgIpc) is 3.81. The third kappa shape index (κ3) is 8.51. The molecule has 2 aliphatic heterocycles. The van der Waals surface area contributed by atoms with Gasteiger partial charge in [-0.2, -0.15) is 10.2 Å². The number of rotatable bonds is 11. The van der Waals surface area contributed by atoms with E-state index < -0.39 is 0 Å². The van der Waals surface area contributed by atoms with Gasteiger partial charge in [0, 0.05) is 42.8 Å². The SMILES string of the molecule is CCc1nn(CCCN2CCCC2)cc1-c1cnc2ccc(Cl)nc2c1.CCc1nn(CCCN2CCCC2)cc1I. The summed E-state index contributed by atoms with van der Waals surface area (Å²) in [6, 6.07) is 5.72. The van der Waals surface area contributed by atoms with E-state index in [1.165, 1.54) is 74.1 Å². The second-order valence-electron chi connectivity index (χ2n) is 11.3. The van der Waals surface area contributed by atoms with Crippen LogP contribution in [-0.4, -0.2) is 78.6 Å². The van der Waals surface area contributed by atoms with E-state index in [0.29, 0.717) is 5.15 Å². The monoisotopic (exact) mass is 702 g/mol. The smallest absolute Gasteiger partial charge is 0.129 e. The zero-order valence-corrected chi connectivity index (χ0v) is 28.0. The van der Waals surface area contributed by atoms with E-state index in [2.05, 4.69) is 89.1 Å². The summed E-state index contributed by atoms with van der Waals surface area (Å²) in [4.78, 5) is 14.0. The van der Waals surface area contributed by atoms with Gasteiger partial charge in [-0.1, -0.05) is 25.4 Å². The first-order valence-electron chi connectivity index (χ1n) is 15.7. The highest BCUT2D eigenvalue weighted by Gasteiger charge is 2.14. The number of hydrogen-bond donors (Lipinski definition) is 0. The van der Waals surface area contributed by atoms with Gasteiger partial charge in [0.05, 0.1) is 26.0 Å². The topological polar surface area (TPSA) is 67.9 Å². The molecule has 2 fully saturated rings. The first-order chi connectivity index (χ1) is 20.5. The number of halogens is 2. The molecule has 0 radical (unpaired) electrons. The molecule has 0 spiro atoms. The Labute approximate surface area is 269 Å². The molecule has 42 heavy (non-hydrogen) atoms. The molecule has 4 aromatic rings. The summed E-state index contributed by atoms with van der Waals surface area (Å²) in [7, 11) is 0. The van der Waals surface area contributed by atoms with Crippen molar-refractivity contribution in [1.29, 1.82) is 0 Å². The Morgan fingerprint density at radius 1 is 0.762 bits per heavy atom. The zero-order chi connectivity index (χ0) is 29.3. The lowest BCUT2D eigenvalue weighted by atomic mass is 10.1. The van der Waals surface area contributed by atoms with Crippen LogP contribution in [0.2, 0.25) is 5.15 Å². The van der Waals surface area contributed by atoms with E-state index in [1.807, 2.05) is 12.3 Å². The van der Waals surface area contributed by atoms with Crippen LogP contribution < -0.4 is 0 Å². The van der Waals surface area contributed by atoms with Gasteiger partial charge in [0.15, 0.2) is 0 Å². The standard InChI is InChI=1S/C20H24ClN5.C12H20IN3/c1-2-17-16(14-26(24-17)11-5-10-25-8-3-4-9-25)15-12-19-18(22-13-15)6-7-20(21)23-19;1-2-12-11(13)10-16(14-12)9-5-8-15-6-3-4-7-15/h6-7,12-14H,2-5,8-11H2,1H3;10H,2-9H2,1H3. The molecular weight excluding hydrogens is 659 g/mol. The Kier molecular flexibility index (Phi) is 11.6. The zero-order valence-electron chi connectivity index (χ0n) is 25.1. The maximum Gasteiger partial charge on any atom is 0.129 e. The van der Waals surface area contributed by atoms with Crippen LogP contribution in [0.1, 0.15) is 63.8 Å². The molecule has 0 N–H and O–H groups in total. The second-order valence-corrected chi connectivity index (χ2v) is 12.9. The van der Waals surface area contributed by atoms with E-state index in [1.54, 1.807) is 6.07 Å². The minimum Gasteiger partial charge on any atom is -0.303 e. The average molecular weight is 703 g/mol. The van der Waals surface area contributed by atoms with E-state index in [9.17, 15) is 0 Å². The molecule has 226 valence electrons. The van der Waals surface area contributed by atoms with Gasteiger partial charge in [0.2, 0.25) is 0 Å². The van der Waals surface area contributed by atoms with Crippen molar-refractivity contribution in [3.8, 4) is 11.1 Å². The molecule has 4 aromatic heterocycles. The summed E-state index contributed by atoms with van der Waals surface area (Å²) < 4.78 is 5.50. The van der Waals surface area contributed by atoms with E-state index in [4.69, 9.17) is 16.7 Å². The fourth-order valence-electron chi connectivity index (χ4n) is 5.92. The summed E-state index contributed by atoms with van der Waals surface area (Å²) in [5, 5.41) is 9.86. The lowest BCUT2D eigenvalue weighted by Crippen LogP contribution is -2.21. The molecule has 0 aromatic carbocycles. The molecule has 2 aliphatic rings. The van der Waals surface area contributed by atoms with Crippen LogP contribution in [0.3, 0.4) is 0 Å². The van der Waals surface area contributed by atoms with Gasteiger partial charge in [0.1, 0.15) is 5.15 Å². The Morgan fingerprint density at radius 2 is 1.36 bits per heavy atom. The molecule has 0 atom stereocenters. The first-order valence-corrected chi connectivity index (χ1v) is 17.1. The van der Waals surface area contributed by atoms with Crippen molar-refractivity contribution < 1.29 is 0 Å². The molecule has 10 heteroatoms. The maximum absolute atomic E-state index is 6.03. The van der Waals surface area contributed by atoms with Gasteiger partial charge < -0.3 is 9.80 Å². The highest BCUT2D eigenvalue weighted by atomic mass is 127. The normalized spacial score (nSPS) is 15.9. The molecule has 2 saturated heterocycles. The number of fused-ring (bicyclic) bond motifs is 1. The predicted molar refractivity (Wildman–Crippen MR) is 180 cm³/mol. The van der Waals surface area contributed by atoms with Crippen LogP contribution in [0.5, 0.6) is 0 Å². The van der Waals surface area contributed by atoms with Crippen LogP contribution in [0.4, 0.5) is 0 Å². The number of likely N-dealkylation sites (tertiary alicyclic amines) is 2. The molecule has 8 nitrogen and oxygen atoms in total. The minimum absolute atomic E-state index is 0.491. The fourth-order valence-corrected chi connectivity index (χ4v) is 6.89. The largest absolute Gasteiger partial charge is 0.303 e. The van der Waals surface area contributed by atoms with Gasteiger partial charge >= 0.3 is 0 Å². The van der Waals surface area contributed by atoms with Crippen molar-refractivity contribution in [3.05, 3.63) is 56.9 Å². The summed E-state index contributed by atoms with van der Waals surface area (Å²) >= 11 is 8.41. The first kappa shape index (κ1) is 31.3. The lowest BCUT2D eigenvalue weighted by Gasteiger charge is -2.13. The Morgan fingerprint density at radius 3 is 1.95 bits per heavy atom. The van der Waals surface area contributed by atoms with Gasteiger partial charge in [-0.25, -0.2) is 4.98 Å². The Bertz CT molecular complexity index is 1420. The van der Waals surface area contributed by atoms with Gasteiger partial charge in [-0.3, -0.25) is 14.3 Å². The number of aryl methyl sites for hydroxylation is 4. The second kappa shape index (κ2) is 15.6. The van der Waals surface area contributed by atoms with Crippen molar-refractivity contribution >= 4 is 45.2 Å². The number of pyridine rings is 2. The van der Waals surface area contributed by atoms with Gasteiger partial charge in [-0.15, -0.1) is 0 Å². The maximum atomic E-state index is 6.03. The number of hydrogen-bond acceptors (Lipinski definition) is 6. The highest BCUT2D eigenvalue weighted by molar-refractivity contribution is 14.1. The minimum atomic E-state index is 0.491. The lowest BCUT2D eigenvalue weighted by molar-refractivity contribution is 0.322. The van der Waals surface area contributed by atoms with Crippen LogP contribution >= 0.6 is 34.2 Å². The summed E-state index contributed by atoms with van der Waals surface area (Å²) in [5.74, 6) is 0. The summed E-state index contributed by atoms with van der Waals surface area (Å²) in [5.41, 5.74) is 6.21. The van der Waals surface area contributed by atoms with Crippen LogP contribution in [-0.2, 0) is 25.9 Å². The number of nitrogens with zero attached hydrogens (tertiary/aromatic N) is 8. The third-order valence-electron chi connectivity index (χ3n) is 8.23. The van der Waals surface area contributed by atoms with Crippen LogP contribution in [0.25, 0.3) is 22.2 Å². The van der Waals surface area contributed by atoms with Crippen molar-refractivity contribution in [1.82, 2.24) is 39.3 Å². The predicted octanol–water partition coefficient (Wildman–Crippen LogP) is 6.73. The Balaban J connectivity index is 0.000000189. The summed E-state index contributed by atoms with van der Waals surface area (Å²) in [6.45, 7) is 13.8. The Hall–Kier alpha value is -2.08. The molecular formula is C32H44ClIN8. The number of aromatic nitrogens is 6. The van der Waals surface area contributed by atoms with E-state index >= 15 is 0 Å². The van der Waals surface area contributed by atoms with E-state index in [0.717, 1.165) is 66.8 Å². The van der Waals surface area contributed by atoms with Crippen molar-refractivity contribution in [3.63, 3.8) is 0 Å². The quantitative estimate of drug-likeness (QED) is 0.128. The van der Waals surface area contributed by atoms with Crippen molar-refractivity contribution in [2.75, 3.05) is 39.3 Å². The molecule has 0 unspecified atom stereocenters. The molecule has 0 amide bonds. The molecule has 0 saturated carbocycles. The van der Waals surface area contributed by atoms with Crippen LogP contribution in [0.15, 0.2) is 36.8 Å². The molecule has 6 heterocycles. The van der Waals surface area contributed by atoms with E-state index in [-0.39, 0.29) is 0 Å². The van der Waals surface area contributed by atoms with Crippen molar-refractivity contribution in [2.24, 2.45) is 0 Å². The molecule has 6 rings (SSSR count). The molecule has 0 aliphatic carbocycles. The van der Waals surface area contributed by atoms with Crippen LogP contribution in [0, 0.1) is 3.57 Å². The van der Waals surface area contributed by atoms with Gasteiger partial charge in [-0.05, 0) is 131 Å². The van der Waals surface area contributed by atoms with Gasteiger partial charge in [0.25, 0.3) is 0 Å². The highest BCUT2D eigenvalue weighted by Crippen LogP contribution is 2.26. The van der Waals surface area contributed by atoms with Crippen molar-refractivity contribution in [2.45, 2.75) is 78.3 Å². The molecule has 0 bridgehead atoms. The third-order valence-corrected chi connectivity index (χ3v) is 9.34.